The SMILES string of the molecule is Cc1cc(OCCCOc2cccc(C=C3SC(=S)NC3=O)c2)ccc1Cl. The fraction of sp³-hybridized carbons (Fsp3) is 0.200. The molecule has 0 atom stereocenters. The van der Waals surface area contributed by atoms with Gasteiger partial charge in [-0.15, -0.1) is 0 Å². The van der Waals surface area contributed by atoms with E-state index in [1.165, 1.54) is 11.8 Å². The molecule has 4 nitrogen and oxygen atoms in total. The van der Waals surface area contributed by atoms with Crippen LogP contribution in [0.3, 0.4) is 0 Å². The Hall–Kier alpha value is -2.02. The van der Waals surface area contributed by atoms with Gasteiger partial charge in [-0.3, -0.25) is 4.79 Å². The third-order valence-corrected chi connectivity index (χ3v) is 5.34. The molecule has 0 spiro atoms. The molecule has 3 rings (SSSR count). The van der Waals surface area contributed by atoms with Crippen molar-refractivity contribution in [1.82, 2.24) is 5.32 Å². The van der Waals surface area contributed by atoms with E-state index in [2.05, 4.69) is 5.32 Å². The molecule has 1 amide bonds. The van der Waals surface area contributed by atoms with Crippen LogP contribution >= 0.6 is 35.6 Å². The molecule has 2 aromatic rings. The summed E-state index contributed by atoms with van der Waals surface area (Å²) in [6, 6.07) is 13.2. The van der Waals surface area contributed by atoms with E-state index in [1.807, 2.05) is 49.4 Å². The molecule has 1 N–H and O–H groups in total. The van der Waals surface area contributed by atoms with E-state index in [4.69, 9.17) is 33.3 Å². The van der Waals surface area contributed by atoms with E-state index in [0.29, 0.717) is 22.4 Å². The highest BCUT2D eigenvalue weighted by molar-refractivity contribution is 8.26. The molecule has 140 valence electrons. The Labute approximate surface area is 172 Å². The van der Waals surface area contributed by atoms with E-state index in [9.17, 15) is 4.79 Å². The first-order valence-electron chi connectivity index (χ1n) is 8.38. The van der Waals surface area contributed by atoms with Crippen LogP contribution in [0.15, 0.2) is 47.4 Å². The van der Waals surface area contributed by atoms with Gasteiger partial charge in [-0.05, 0) is 54.5 Å². The molecule has 7 heteroatoms. The Kier molecular flexibility index (Phi) is 6.77. The number of benzene rings is 2. The molecule has 0 radical (unpaired) electrons. The quantitative estimate of drug-likeness (QED) is 0.389. The highest BCUT2D eigenvalue weighted by atomic mass is 35.5. The van der Waals surface area contributed by atoms with E-state index in [-0.39, 0.29) is 5.91 Å². The first-order chi connectivity index (χ1) is 13.0. The summed E-state index contributed by atoms with van der Waals surface area (Å²) >= 11 is 12.3. The number of halogens is 1. The van der Waals surface area contributed by atoms with Crippen molar-refractivity contribution < 1.29 is 14.3 Å². The van der Waals surface area contributed by atoms with Crippen molar-refractivity contribution in [2.45, 2.75) is 13.3 Å². The van der Waals surface area contributed by atoms with E-state index in [1.54, 1.807) is 6.08 Å². The summed E-state index contributed by atoms with van der Waals surface area (Å²) in [6.45, 7) is 3.03. The fourth-order valence-electron chi connectivity index (χ4n) is 2.41. The van der Waals surface area contributed by atoms with Gasteiger partial charge < -0.3 is 14.8 Å². The smallest absolute Gasteiger partial charge is 0.263 e. The van der Waals surface area contributed by atoms with Crippen LogP contribution in [0.2, 0.25) is 5.02 Å². The zero-order valence-corrected chi connectivity index (χ0v) is 17.0. The van der Waals surface area contributed by atoms with Crippen molar-refractivity contribution in [2.75, 3.05) is 13.2 Å². The number of carbonyl (C=O) groups excluding carboxylic acids is 1. The van der Waals surface area contributed by atoms with Gasteiger partial charge >= 0.3 is 0 Å². The largest absolute Gasteiger partial charge is 0.493 e. The van der Waals surface area contributed by atoms with Crippen molar-refractivity contribution in [3.63, 3.8) is 0 Å². The molecular weight excluding hydrogens is 402 g/mol. The van der Waals surface area contributed by atoms with Crippen LogP contribution < -0.4 is 14.8 Å². The summed E-state index contributed by atoms with van der Waals surface area (Å²) in [5.41, 5.74) is 1.88. The van der Waals surface area contributed by atoms with Crippen LogP contribution in [0.1, 0.15) is 17.5 Å². The van der Waals surface area contributed by atoms with Gasteiger partial charge in [-0.1, -0.05) is 47.7 Å². The maximum atomic E-state index is 11.7. The highest BCUT2D eigenvalue weighted by Crippen LogP contribution is 2.27. The van der Waals surface area contributed by atoms with Gasteiger partial charge in [0.25, 0.3) is 5.91 Å². The van der Waals surface area contributed by atoms with Crippen molar-refractivity contribution >= 4 is 51.9 Å². The third-order valence-electron chi connectivity index (χ3n) is 3.75. The molecule has 1 saturated heterocycles. The molecule has 1 aliphatic heterocycles. The lowest BCUT2D eigenvalue weighted by atomic mass is 10.2. The summed E-state index contributed by atoms with van der Waals surface area (Å²) in [6.07, 6.45) is 2.55. The van der Waals surface area contributed by atoms with Gasteiger partial charge in [-0.25, -0.2) is 0 Å². The lowest BCUT2D eigenvalue weighted by Gasteiger charge is -2.09. The van der Waals surface area contributed by atoms with Crippen LogP contribution in [-0.4, -0.2) is 23.4 Å². The molecule has 0 aliphatic carbocycles. The molecule has 27 heavy (non-hydrogen) atoms. The Morgan fingerprint density at radius 1 is 1.15 bits per heavy atom. The van der Waals surface area contributed by atoms with Gasteiger partial charge in [-0.2, -0.15) is 0 Å². The number of rotatable bonds is 7. The second-order valence-corrected chi connectivity index (χ2v) is 8.01. The fourth-order valence-corrected chi connectivity index (χ4v) is 3.57. The molecule has 2 aromatic carbocycles. The Morgan fingerprint density at radius 3 is 2.56 bits per heavy atom. The molecule has 0 saturated carbocycles. The minimum Gasteiger partial charge on any atom is -0.493 e. The van der Waals surface area contributed by atoms with Crippen molar-refractivity contribution in [1.29, 1.82) is 0 Å². The number of carbonyl (C=O) groups is 1. The number of aryl methyl sites for hydroxylation is 1. The van der Waals surface area contributed by atoms with Gasteiger partial charge in [0.1, 0.15) is 15.8 Å². The third kappa shape index (κ3) is 5.73. The molecule has 1 heterocycles. The number of thioether (sulfide) groups is 1. The minimum atomic E-state index is -0.161. The maximum Gasteiger partial charge on any atom is 0.263 e. The predicted molar refractivity (Wildman–Crippen MR) is 115 cm³/mol. The normalized spacial score (nSPS) is 15.1. The number of thiocarbonyl (C=S) groups is 1. The standard InChI is InChI=1S/C20H18ClNO3S2/c1-13-10-16(6-7-17(13)21)25-9-3-8-24-15-5-2-4-14(11-15)12-18-19(23)22-20(26)27-18/h2,4-7,10-12H,3,8-9H2,1H3,(H,22,23,26). The second-order valence-electron chi connectivity index (χ2n) is 5.89. The average molecular weight is 420 g/mol. The van der Waals surface area contributed by atoms with Crippen molar-refractivity contribution in [3.8, 4) is 11.5 Å². The van der Waals surface area contributed by atoms with Crippen LogP contribution in [0.5, 0.6) is 11.5 Å². The Morgan fingerprint density at radius 2 is 1.89 bits per heavy atom. The molecular formula is C20H18ClNO3S2. The molecule has 0 aromatic heterocycles. The molecule has 0 bridgehead atoms. The van der Waals surface area contributed by atoms with Crippen LogP contribution in [0, 0.1) is 6.92 Å². The molecule has 1 aliphatic rings. The zero-order valence-electron chi connectivity index (χ0n) is 14.7. The van der Waals surface area contributed by atoms with Crippen LogP contribution in [0.4, 0.5) is 0 Å². The first kappa shape index (κ1) is 19.7. The number of hydrogen-bond donors (Lipinski definition) is 1. The number of ether oxygens (including phenoxy) is 2. The van der Waals surface area contributed by atoms with Crippen molar-refractivity contribution in [2.24, 2.45) is 0 Å². The van der Waals surface area contributed by atoms with Crippen LogP contribution in [0.25, 0.3) is 6.08 Å². The second kappa shape index (κ2) is 9.26. The van der Waals surface area contributed by atoms with Crippen molar-refractivity contribution in [3.05, 3.63) is 63.5 Å². The number of hydrogen-bond acceptors (Lipinski definition) is 5. The van der Waals surface area contributed by atoms with E-state index < -0.39 is 0 Å². The van der Waals surface area contributed by atoms with Crippen LogP contribution in [-0.2, 0) is 4.79 Å². The Balaban J connectivity index is 1.47. The lowest BCUT2D eigenvalue weighted by Crippen LogP contribution is -2.17. The zero-order chi connectivity index (χ0) is 19.2. The number of nitrogens with one attached hydrogen (secondary N) is 1. The van der Waals surface area contributed by atoms with E-state index >= 15 is 0 Å². The summed E-state index contributed by atoms with van der Waals surface area (Å²) < 4.78 is 12.0. The molecule has 1 fully saturated rings. The lowest BCUT2D eigenvalue weighted by molar-refractivity contribution is -0.115. The van der Waals surface area contributed by atoms with Gasteiger partial charge in [0.05, 0.1) is 18.1 Å². The number of amides is 1. The summed E-state index contributed by atoms with van der Waals surface area (Å²) in [5.74, 6) is 1.39. The Bertz CT molecular complexity index is 899. The average Bonchev–Trinajstić information content (AvgIpc) is 2.95. The summed E-state index contributed by atoms with van der Waals surface area (Å²) in [7, 11) is 0. The first-order valence-corrected chi connectivity index (χ1v) is 9.98. The van der Waals surface area contributed by atoms with Gasteiger partial charge in [0.15, 0.2) is 0 Å². The minimum absolute atomic E-state index is 0.161. The summed E-state index contributed by atoms with van der Waals surface area (Å²) in [5, 5.41) is 3.34. The predicted octanol–water partition coefficient (Wildman–Crippen LogP) is 4.99. The van der Waals surface area contributed by atoms with Gasteiger partial charge in [0.2, 0.25) is 0 Å². The topological polar surface area (TPSA) is 47.6 Å². The highest BCUT2D eigenvalue weighted by Gasteiger charge is 2.21. The van der Waals surface area contributed by atoms with E-state index in [0.717, 1.165) is 34.1 Å². The molecule has 0 unspecified atom stereocenters. The monoisotopic (exact) mass is 419 g/mol. The maximum absolute atomic E-state index is 11.7. The van der Waals surface area contributed by atoms with Gasteiger partial charge in [0, 0.05) is 11.4 Å². The summed E-state index contributed by atoms with van der Waals surface area (Å²) in [4.78, 5) is 12.3.